The largest absolute Gasteiger partial charge is 0.494 e. The monoisotopic (exact) mass is 410 g/mol. The van der Waals surface area contributed by atoms with E-state index >= 15 is 0 Å². The van der Waals surface area contributed by atoms with E-state index in [0.717, 1.165) is 11.3 Å². The van der Waals surface area contributed by atoms with Crippen molar-refractivity contribution in [2.75, 3.05) is 14.2 Å². The van der Waals surface area contributed by atoms with Crippen molar-refractivity contribution < 1.29 is 14.3 Å². The molecule has 0 atom stereocenters. The average Bonchev–Trinajstić information content (AvgIpc) is 3.04. The molecule has 0 saturated carbocycles. The van der Waals surface area contributed by atoms with E-state index in [2.05, 4.69) is 16.7 Å². The molecule has 4 rings (SSSR count). The zero-order valence-electron chi connectivity index (χ0n) is 16.1. The summed E-state index contributed by atoms with van der Waals surface area (Å²) < 4.78 is 10.9. The van der Waals surface area contributed by atoms with E-state index in [1.165, 1.54) is 7.11 Å². The van der Waals surface area contributed by atoms with E-state index in [1.54, 1.807) is 47.4 Å². The summed E-state index contributed by atoms with van der Waals surface area (Å²) in [6.45, 7) is 4.56. The van der Waals surface area contributed by atoms with E-state index in [9.17, 15) is 4.79 Å². The first-order valence-electron chi connectivity index (χ1n) is 8.91. The number of nitrogens with zero attached hydrogens (tertiary/aromatic N) is 4. The van der Waals surface area contributed by atoms with Crippen LogP contribution in [0.5, 0.6) is 11.5 Å². The molecule has 0 aliphatic carbocycles. The second kappa shape index (κ2) is 7.60. The van der Waals surface area contributed by atoms with Crippen molar-refractivity contribution in [3.05, 3.63) is 76.7 Å². The Bertz CT molecular complexity index is 1060. The third kappa shape index (κ3) is 3.69. The molecule has 1 aromatic heterocycles. The molecule has 0 N–H and O–H groups in total. The summed E-state index contributed by atoms with van der Waals surface area (Å²) in [6.07, 6.45) is 5.19. The first-order valence-corrected chi connectivity index (χ1v) is 9.29. The van der Waals surface area contributed by atoms with Crippen LogP contribution in [-0.2, 0) is 13.2 Å². The number of ether oxygens (including phenoxy) is 2. The van der Waals surface area contributed by atoms with Gasteiger partial charge < -0.3 is 9.47 Å². The highest BCUT2D eigenvalue weighted by Crippen LogP contribution is 2.29. The van der Waals surface area contributed by atoms with Crippen LogP contribution in [0.4, 0.5) is 0 Å². The van der Waals surface area contributed by atoms with Crippen LogP contribution >= 0.6 is 11.6 Å². The number of benzene rings is 1. The van der Waals surface area contributed by atoms with Gasteiger partial charge in [0.05, 0.1) is 36.3 Å². The fourth-order valence-electron chi connectivity index (χ4n) is 3.09. The number of carbonyl (C=O) groups excluding carboxylic acids is 1. The van der Waals surface area contributed by atoms with Crippen LogP contribution in [0.1, 0.15) is 21.6 Å². The topological polar surface area (TPSA) is 67.3 Å². The number of pyridine rings is 1. The highest BCUT2D eigenvalue weighted by molar-refractivity contribution is 6.32. The summed E-state index contributed by atoms with van der Waals surface area (Å²) in [4.78, 5) is 18.7. The SMILES string of the molecule is C=C1C=CC(N2Cc3cc(OCc4cc(Cl)c(OC)cn4)ccc3C2=O)=NN1C. The molecule has 2 aliphatic heterocycles. The fraction of sp³-hybridized carbons (Fsp3) is 0.190. The Kier molecular flexibility index (Phi) is 4.98. The van der Waals surface area contributed by atoms with Gasteiger partial charge in [-0.15, -0.1) is 0 Å². The number of amides is 1. The number of methoxy groups -OCH3 is 1. The number of rotatable bonds is 4. The summed E-state index contributed by atoms with van der Waals surface area (Å²) >= 11 is 6.12. The highest BCUT2D eigenvalue weighted by atomic mass is 35.5. The molecule has 7 nitrogen and oxygen atoms in total. The van der Waals surface area contributed by atoms with E-state index < -0.39 is 0 Å². The van der Waals surface area contributed by atoms with Gasteiger partial charge in [-0.1, -0.05) is 18.2 Å². The Morgan fingerprint density at radius 2 is 2.10 bits per heavy atom. The molecule has 2 aliphatic rings. The van der Waals surface area contributed by atoms with Crippen molar-refractivity contribution in [2.45, 2.75) is 13.2 Å². The van der Waals surface area contributed by atoms with Gasteiger partial charge in [0.15, 0.2) is 11.6 Å². The van der Waals surface area contributed by atoms with Gasteiger partial charge in [0, 0.05) is 12.6 Å². The van der Waals surface area contributed by atoms with Crippen LogP contribution in [0.2, 0.25) is 5.02 Å². The number of carbonyl (C=O) groups is 1. The Balaban J connectivity index is 1.48. The number of likely N-dealkylation sites (N-methyl/N-ethyl adjacent to an activating group) is 1. The van der Waals surface area contributed by atoms with E-state index in [-0.39, 0.29) is 12.5 Å². The number of hydrogen-bond donors (Lipinski definition) is 0. The van der Waals surface area contributed by atoms with Gasteiger partial charge in [-0.25, -0.2) is 0 Å². The molecule has 3 heterocycles. The third-order valence-corrected chi connectivity index (χ3v) is 5.03. The van der Waals surface area contributed by atoms with Gasteiger partial charge in [0.2, 0.25) is 0 Å². The molecule has 2 aromatic rings. The normalized spacial score (nSPS) is 15.5. The van der Waals surface area contributed by atoms with Crippen LogP contribution in [0.25, 0.3) is 0 Å². The summed E-state index contributed by atoms with van der Waals surface area (Å²) in [7, 11) is 3.34. The molecule has 0 unspecified atom stereocenters. The summed E-state index contributed by atoms with van der Waals surface area (Å²) in [5.74, 6) is 1.67. The molecular formula is C21H19ClN4O3. The Morgan fingerprint density at radius 1 is 1.28 bits per heavy atom. The van der Waals surface area contributed by atoms with Crippen molar-refractivity contribution in [1.29, 1.82) is 0 Å². The number of amidine groups is 1. The van der Waals surface area contributed by atoms with Crippen LogP contribution in [-0.4, -0.2) is 40.8 Å². The molecule has 0 spiro atoms. The zero-order chi connectivity index (χ0) is 20.5. The number of aromatic nitrogens is 1. The number of hydrazone groups is 1. The minimum atomic E-state index is -0.0838. The number of allylic oxidation sites excluding steroid dienone is 1. The van der Waals surface area contributed by atoms with Crippen LogP contribution in [0, 0.1) is 0 Å². The molecule has 0 bridgehead atoms. The molecule has 148 valence electrons. The molecular weight excluding hydrogens is 392 g/mol. The Hall–Kier alpha value is -3.32. The van der Waals surface area contributed by atoms with Crippen molar-refractivity contribution in [2.24, 2.45) is 5.10 Å². The third-order valence-electron chi connectivity index (χ3n) is 4.73. The number of hydrogen-bond acceptors (Lipinski definition) is 6. The maximum Gasteiger partial charge on any atom is 0.260 e. The second-order valence-corrected chi connectivity index (χ2v) is 7.02. The average molecular weight is 411 g/mol. The number of halogens is 1. The van der Waals surface area contributed by atoms with Gasteiger partial charge in [0.25, 0.3) is 5.91 Å². The van der Waals surface area contributed by atoms with Gasteiger partial charge in [-0.2, -0.15) is 5.10 Å². The first kappa shape index (κ1) is 19.0. The first-order chi connectivity index (χ1) is 14.0. The highest BCUT2D eigenvalue weighted by Gasteiger charge is 2.31. The molecule has 8 heteroatoms. The van der Waals surface area contributed by atoms with Gasteiger partial charge in [0.1, 0.15) is 12.4 Å². The molecule has 1 amide bonds. The van der Waals surface area contributed by atoms with Gasteiger partial charge in [-0.3, -0.25) is 19.7 Å². The summed E-state index contributed by atoms with van der Waals surface area (Å²) in [5, 5.41) is 6.53. The lowest BCUT2D eigenvalue weighted by atomic mass is 10.1. The van der Waals surface area contributed by atoms with Crippen LogP contribution in [0.3, 0.4) is 0 Å². The van der Waals surface area contributed by atoms with Crippen molar-refractivity contribution >= 4 is 23.3 Å². The quantitative estimate of drug-likeness (QED) is 0.770. The summed E-state index contributed by atoms with van der Waals surface area (Å²) in [6, 6.07) is 7.13. The lowest BCUT2D eigenvalue weighted by molar-refractivity contribution is 0.0864. The molecule has 29 heavy (non-hydrogen) atoms. The lowest BCUT2D eigenvalue weighted by Crippen LogP contribution is -2.33. The Labute approximate surface area is 173 Å². The minimum absolute atomic E-state index is 0.0838. The lowest BCUT2D eigenvalue weighted by Gasteiger charge is -2.23. The van der Waals surface area contributed by atoms with Gasteiger partial charge in [-0.05, 0) is 42.0 Å². The van der Waals surface area contributed by atoms with Crippen molar-refractivity contribution in [3.63, 3.8) is 0 Å². The van der Waals surface area contributed by atoms with Crippen molar-refractivity contribution in [3.8, 4) is 11.5 Å². The molecule has 0 fully saturated rings. The molecule has 1 aromatic carbocycles. The van der Waals surface area contributed by atoms with Crippen LogP contribution < -0.4 is 9.47 Å². The standard InChI is InChI=1S/C21H19ClN4O3/c1-13-4-7-20(24-25(13)2)26-11-14-8-16(5-6-17(14)21(26)27)29-12-15-9-18(22)19(28-3)10-23-15/h4-10H,1,11-12H2,2-3H3. The minimum Gasteiger partial charge on any atom is -0.494 e. The second-order valence-electron chi connectivity index (χ2n) is 6.62. The smallest absolute Gasteiger partial charge is 0.260 e. The van der Waals surface area contributed by atoms with Crippen molar-refractivity contribution in [1.82, 2.24) is 14.9 Å². The van der Waals surface area contributed by atoms with E-state index in [1.807, 2.05) is 12.1 Å². The summed E-state index contributed by atoms with van der Waals surface area (Å²) in [5.41, 5.74) is 2.97. The van der Waals surface area contributed by atoms with Crippen LogP contribution in [0.15, 0.2) is 60.0 Å². The predicted octanol–water partition coefficient (Wildman–Crippen LogP) is 3.61. The number of fused-ring (bicyclic) bond motifs is 1. The molecule has 0 radical (unpaired) electrons. The van der Waals surface area contributed by atoms with E-state index in [0.29, 0.717) is 40.2 Å². The Morgan fingerprint density at radius 3 is 2.83 bits per heavy atom. The zero-order valence-corrected chi connectivity index (χ0v) is 16.8. The predicted molar refractivity (Wildman–Crippen MR) is 110 cm³/mol. The van der Waals surface area contributed by atoms with E-state index in [4.69, 9.17) is 21.1 Å². The maximum absolute atomic E-state index is 12.8. The maximum atomic E-state index is 12.8. The molecule has 0 saturated heterocycles. The van der Waals surface area contributed by atoms with Gasteiger partial charge >= 0.3 is 0 Å². The fourth-order valence-corrected chi connectivity index (χ4v) is 3.34.